The van der Waals surface area contributed by atoms with Gasteiger partial charge >= 0.3 is 5.97 Å². The van der Waals surface area contributed by atoms with Crippen LogP contribution in [0.5, 0.6) is 11.5 Å². The van der Waals surface area contributed by atoms with Crippen LogP contribution in [0.2, 0.25) is 0 Å². The van der Waals surface area contributed by atoms with Crippen LogP contribution in [0.25, 0.3) is 21.5 Å². The number of fused-ring (bicyclic) bond motifs is 2. The van der Waals surface area contributed by atoms with Crippen LogP contribution in [0.15, 0.2) is 60.7 Å². The van der Waals surface area contributed by atoms with Crippen molar-refractivity contribution in [2.24, 2.45) is 0 Å². The summed E-state index contributed by atoms with van der Waals surface area (Å²) < 4.78 is 22.3. The van der Waals surface area contributed by atoms with Crippen molar-refractivity contribution in [2.45, 2.75) is 6.92 Å². The summed E-state index contributed by atoms with van der Waals surface area (Å²) in [6, 6.07) is 16.0. The van der Waals surface area contributed by atoms with Gasteiger partial charge in [0.05, 0.1) is 20.3 Å². The van der Waals surface area contributed by atoms with E-state index in [2.05, 4.69) is 6.58 Å². The molecular weight excluding hydrogens is 356 g/mol. The van der Waals surface area contributed by atoms with Crippen molar-refractivity contribution in [1.29, 1.82) is 0 Å². The van der Waals surface area contributed by atoms with Crippen molar-refractivity contribution in [1.82, 2.24) is 0 Å². The predicted octanol–water partition coefficient (Wildman–Crippen LogP) is 4.52. The van der Waals surface area contributed by atoms with Gasteiger partial charge in [-0.2, -0.15) is 0 Å². The number of benzene rings is 3. The summed E-state index contributed by atoms with van der Waals surface area (Å²) in [7, 11) is 1.68. The third-order valence-electron chi connectivity index (χ3n) is 4.32. The van der Waals surface area contributed by atoms with E-state index >= 15 is 0 Å². The van der Waals surface area contributed by atoms with Gasteiger partial charge in [0.1, 0.15) is 24.7 Å². The Balaban J connectivity index is 1.69. The average molecular weight is 380 g/mol. The van der Waals surface area contributed by atoms with Gasteiger partial charge in [0, 0.05) is 27.1 Å². The van der Waals surface area contributed by atoms with E-state index in [9.17, 15) is 4.79 Å². The van der Waals surface area contributed by atoms with Gasteiger partial charge in [-0.3, -0.25) is 0 Å². The summed E-state index contributed by atoms with van der Waals surface area (Å²) in [6.07, 6.45) is 0. The van der Waals surface area contributed by atoms with Crippen molar-refractivity contribution in [3.63, 3.8) is 0 Å². The van der Waals surface area contributed by atoms with Crippen LogP contribution >= 0.6 is 0 Å². The van der Waals surface area contributed by atoms with Gasteiger partial charge in [0.25, 0.3) is 0 Å². The van der Waals surface area contributed by atoms with E-state index < -0.39 is 5.97 Å². The van der Waals surface area contributed by atoms with E-state index in [0.717, 1.165) is 33.0 Å². The molecule has 0 spiro atoms. The Labute approximate surface area is 164 Å². The van der Waals surface area contributed by atoms with Crippen LogP contribution in [0.3, 0.4) is 0 Å². The van der Waals surface area contributed by atoms with Gasteiger partial charge in [-0.05, 0) is 6.92 Å². The highest BCUT2D eigenvalue weighted by molar-refractivity contribution is 6.11. The van der Waals surface area contributed by atoms with Gasteiger partial charge in [-0.25, -0.2) is 4.79 Å². The SMILES string of the molecule is C=C(C)C(=O)OCCOCCOc1c2ccccc2c(OC)c2ccccc12. The quantitative estimate of drug-likeness (QED) is 0.236. The van der Waals surface area contributed by atoms with Crippen LogP contribution in [0.4, 0.5) is 0 Å². The molecule has 146 valence electrons. The van der Waals surface area contributed by atoms with Crippen LogP contribution in [-0.4, -0.2) is 39.5 Å². The summed E-state index contributed by atoms with van der Waals surface area (Å²) in [6.45, 7) is 6.42. The number of hydrogen-bond acceptors (Lipinski definition) is 5. The first-order valence-electron chi connectivity index (χ1n) is 9.14. The monoisotopic (exact) mass is 380 g/mol. The zero-order chi connectivity index (χ0) is 19.9. The number of rotatable bonds is 9. The maximum Gasteiger partial charge on any atom is 0.333 e. The van der Waals surface area contributed by atoms with E-state index in [1.54, 1.807) is 14.0 Å². The zero-order valence-electron chi connectivity index (χ0n) is 16.2. The Morgan fingerprint density at radius 1 is 0.821 bits per heavy atom. The zero-order valence-corrected chi connectivity index (χ0v) is 16.2. The highest BCUT2D eigenvalue weighted by atomic mass is 16.6. The molecule has 0 aromatic heterocycles. The van der Waals surface area contributed by atoms with Crippen LogP contribution < -0.4 is 9.47 Å². The van der Waals surface area contributed by atoms with Crippen molar-refractivity contribution < 1.29 is 23.7 Å². The fourth-order valence-corrected chi connectivity index (χ4v) is 3.05. The molecule has 0 N–H and O–H groups in total. The lowest BCUT2D eigenvalue weighted by Gasteiger charge is -2.16. The Morgan fingerprint density at radius 2 is 1.32 bits per heavy atom. The molecule has 0 heterocycles. The molecule has 0 radical (unpaired) electrons. The van der Waals surface area contributed by atoms with Gasteiger partial charge < -0.3 is 18.9 Å². The average Bonchev–Trinajstić information content (AvgIpc) is 2.72. The van der Waals surface area contributed by atoms with Crippen molar-refractivity contribution in [2.75, 3.05) is 33.5 Å². The van der Waals surface area contributed by atoms with E-state index in [-0.39, 0.29) is 6.61 Å². The lowest BCUT2D eigenvalue weighted by molar-refractivity contribution is -0.140. The van der Waals surface area contributed by atoms with E-state index in [1.807, 2.05) is 48.5 Å². The minimum atomic E-state index is -0.406. The summed E-state index contributed by atoms with van der Waals surface area (Å²) in [4.78, 5) is 11.3. The molecule has 5 nitrogen and oxygen atoms in total. The molecule has 3 aromatic carbocycles. The van der Waals surface area contributed by atoms with Gasteiger partial charge in [-0.1, -0.05) is 55.1 Å². The molecule has 0 fully saturated rings. The van der Waals surface area contributed by atoms with Crippen LogP contribution in [-0.2, 0) is 14.3 Å². The highest BCUT2D eigenvalue weighted by Crippen LogP contribution is 2.42. The number of hydrogen-bond donors (Lipinski definition) is 0. The van der Waals surface area contributed by atoms with Gasteiger partial charge in [0.15, 0.2) is 0 Å². The Bertz CT molecular complexity index is 936. The summed E-state index contributed by atoms with van der Waals surface area (Å²) >= 11 is 0. The van der Waals surface area contributed by atoms with E-state index in [4.69, 9.17) is 18.9 Å². The lowest BCUT2D eigenvalue weighted by atomic mass is 10.0. The molecular formula is C23H24O5. The summed E-state index contributed by atoms with van der Waals surface area (Å²) in [5.41, 5.74) is 0.376. The fraction of sp³-hybridized carbons (Fsp3) is 0.261. The lowest BCUT2D eigenvalue weighted by Crippen LogP contribution is -2.14. The Morgan fingerprint density at radius 3 is 1.82 bits per heavy atom. The van der Waals surface area contributed by atoms with Crippen LogP contribution in [0.1, 0.15) is 6.92 Å². The number of esters is 1. The number of carbonyl (C=O) groups is 1. The third-order valence-corrected chi connectivity index (χ3v) is 4.32. The normalized spacial score (nSPS) is 10.8. The second-order valence-electron chi connectivity index (χ2n) is 6.33. The number of carbonyl (C=O) groups excluding carboxylic acids is 1. The molecule has 0 bridgehead atoms. The largest absolute Gasteiger partial charge is 0.495 e. The number of methoxy groups -OCH3 is 1. The molecule has 0 atom stereocenters. The molecule has 0 saturated carbocycles. The highest BCUT2D eigenvalue weighted by Gasteiger charge is 2.14. The minimum Gasteiger partial charge on any atom is -0.495 e. The van der Waals surface area contributed by atoms with Crippen LogP contribution in [0, 0.1) is 0 Å². The van der Waals surface area contributed by atoms with E-state index in [0.29, 0.717) is 25.4 Å². The molecule has 0 amide bonds. The fourth-order valence-electron chi connectivity index (χ4n) is 3.05. The Hall–Kier alpha value is -3.05. The second kappa shape index (κ2) is 9.24. The van der Waals surface area contributed by atoms with Crippen molar-refractivity contribution in [3.8, 4) is 11.5 Å². The maximum atomic E-state index is 11.3. The van der Waals surface area contributed by atoms with E-state index in [1.165, 1.54) is 0 Å². The third kappa shape index (κ3) is 4.26. The summed E-state index contributed by atoms with van der Waals surface area (Å²) in [5.74, 6) is 1.24. The molecule has 0 unspecified atom stereocenters. The first-order valence-corrected chi connectivity index (χ1v) is 9.14. The molecule has 28 heavy (non-hydrogen) atoms. The van der Waals surface area contributed by atoms with Crippen molar-refractivity contribution >= 4 is 27.5 Å². The molecule has 3 rings (SSSR count). The van der Waals surface area contributed by atoms with Crippen molar-refractivity contribution in [3.05, 3.63) is 60.7 Å². The standard InChI is InChI=1S/C23H24O5/c1-16(2)23(24)28-15-13-26-12-14-27-22-19-10-6-4-8-17(19)21(25-3)18-9-5-7-11-20(18)22/h4-11H,1,12-15H2,2-3H3. The molecule has 0 aliphatic carbocycles. The molecule has 3 aromatic rings. The van der Waals surface area contributed by atoms with Gasteiger partial charge in [-0.15, -0.1) is 0 Å². The van der Waals surface area contributed by atoms with Gasteiger partial charge in [0.2, 0.25) is 0 Å². The molecule has 0 aliphatic heterocycles. The minimum absolute atomic E-state index is 0.195. The smallest absolute Gasteiger partial charge is 0.333 e. The second-order valence-corrected chi connectivity index (χ2v) is 6.33. The molecule has 0 saturated heterocycles. The topological polar surface area (TPSA) is 54.0 Å². The molecule has 0 aliphatic rings. The molecule has 5 heteroatoms. The summed E-state index contributed by atoms with van der Waals surface area (Å²) in [5, 5.41) is 4.00. The number of ether oxygens (including phenoxy) is 4. The first-order chi connectivity index (χ1) is 13.6. The maximum absolute atomic E-state index is 11.3. The Kier molecular flexibility index (Phi) is 6.50. The predicted molar refractivity (Wildman–Crippen MR) is 110 cm³/mol. The first kappa shape index (κ1) is 19.7.